The molecule has 1 saturated heterocycles. The lowest BCUT2D eigenvalue weighted by Gasteiger charge is -2.42. The number of nitrogens with two attached hydrogens (primary N) is 1. The maximum absolute atomic E-state index is 12.0. The van der Waals surface area contributed by atoms with Gasteiger partial charge in [0.15, 0.2) is 14.2 Å². The number of likely N-dealkylation sites (tertiary alicyclic amines) is 1. The first-order valence-electron chi connectivity index (χ1n) is 11.6. The van der Waals surface area contributed by atoms with Crippen LogP contribution in [0.5, 0.6) is 0 Å². The van der Waals surface area contributed by atoms with E-state index in [9.17, 15) is 4.79 Å². The summed E-state index contributed by atoms with van der Waals surface area (Å²) in [4.78, 5) is 14.4. The van der Waals surface area contributed by atoms with E-state index in [-0.39, 0.29) is 22.9 Å². The topological polar surface area (TPSA) is 97.4 Å². The second-order valence-corrected chi connectivity index (χ2v) is 15.0. The molecule has 2 atom stereocenters. The second-order valence-electron chi connectivity index (χ2n) is 10.3. The fraction of sp³-hybridized carbons (Fsp3) is 0.667. The molecule has 1 heterocycles. The highest BCUT2D eigenvalue weighted by atomic mass is 28.4. The van der Waals surface area contributed by atoms with Crippen LogP contribution in [0.2, 0.25) is 18.1 Å². The van der Waals surface area contributed by atoms with Crippen molar-refractivity contribution in [2.45, 2.75) is 71.2 Å². The maximum atomic E-state index is 12.0. The van der Waals surface area contributed by atoms with Crippen molar-refractivity contribution in [2.24, 2.45) is 16.8 Å². The lowest BCUT2D eigenvalue weighted by Crippen LogP contribution is -2.45. The number of amidine groups is 1. The van der Waals surface area contributed by atoms with Crippen LogP contribution in [-0.2, 0) is 14.0 Å². The van der Waals surface area contributed by atoms with Crippen LogP contribution in [-0.4, -0.2) is 56.5 Å². The predicted molar refractivity (Wildman–Crippen MR) is 130 cm³/mol. The smallest absolute Gasteiger partial charge is 0.306 e. The van der Waals surface area contributed by atoms with Gasteiger partial charge in [0.2, 0.25) is 0 Å². The Kier molecular flexibility index (Phi) is 9.30. The number of nitrogens with zero attached hydrogens (tertiary/aromatic N) is 2. The molecule has 0 radical (unpaired) electrons. The molecule has 180 valence electrons. The van der Waals surface area contributed by atoms with E-state index in [0.29, 0.717) is 24.5 Å². The van der Waals surface area contributed by atoms with Crippen LogP contribution in [0, 0.1) is 5.92 Å². The summed E-state index contributed by atoms with van der Waals surface area (Å²) < 4.78 is 12.0. The number of oxime groups is 1. The van der Waals surface area contributed by atoms with E-state index in [2.05, 4.69) is 43.9 Å². The van der Waals surface area contributed by atoms with Gasteiger partial charge in [-0.25, -0.2) is 0 Å². The summed E-state index contributed by atoms with van der Waals surface area (Å²) in [6.07, 6.45) is 2.52. The monoisotopic (exact) mass is 463 g/mol. The quantitative estimate of drug-likeness (QED) is 0.140. The number of hydrogen-bond acceptors (Lipinski definition) is 6. The number of piperidine rings is 1. The third kappa shape index (κ3) is 7.32. The minimum Gasteiger partial charge on any atom is -0.466 e. The number of benzene rings is 1. The summed E-state index contributed by atoms with van der Waals surface area (Å²) in [6, 6.07) is 7.74. The number of esters is 1. The summed E-state index contributed by atoms with van der Waals surface area (Å²) in [5.41, 5.74) is 7.49. The molecule has 0 saturated carbocycles. The largest absolute Gasteiger partial charge is 0.466 e. The third-order valence-corrected chi connectivity index (χ3v) is 11.2. The van der Waals surface area contributed by atoms with Gasteiger partial charge < -0.3 is 25.0 Å². The Labute approximate surface area is 194 Å². The lowest BCUT2D eigenvalue weighted by atomic mass is 9.94. The van der Waals surface area contributed by atoms with Crippen molar-refractivity contribution in [1.29, 1.82) is 0 Å². The summed E-state index contributed by atoms with van der Waals surface area (Å²) in [5, 5.41) is 12.1. The lowest BCUT2D eigenvalue weighted by molar-refractivity contribution is -0.144. The highest BCUT2D eigenvalue weighted by molar-refractivity contribution is 6.74. The van der Waals surface area contributed by atoms with Crippen molar-refractivity contribution in [3.05, 3.63) is 35.4 Å². The molecule has 1 aliphatic rings. The number of ether oxygens (including phenoxy) is 1. The first-order chi connectivity index (χ1) is 15.0. The van der Waals surface area contributed by atoms with Crippen molar-refractivity contribution in [3.63, 3.8) is 0 Å². The third-order valence-electron chi connectivity index (χ3n) is 6.72. The number of carbonyl (C=O) groups is 1. The minimum absolute atomic E-state index is 0.0847. The summed E-state index contributed by atoms with van der Waals surface area (Å²) in [5.74, 6) is 0.308. The minimum atomic E-state index is -2.02. The van der Waals surface area contributed by atoms with Gasteiger partial charge in [0.05, 0.1) is 12.7 Å². The Morgan fingerprint density at radius 2 is 1.97 bits per heavy atom. The van der Waals surface area contributed by atoms with Crippen molar-refractivity contribution in [2.75, 3.05) is 26.2 Å². The molecule has 1 fully saturated rings. The Balaban J connectivity index is 2.20. The van der Waals surface area contributed by atoms with Crippen LogP contribution in [0.15, 0.2) is 29.4 Å². The molecular weight excluding hydrogens is 422 g/mol. The van der Waals surface area contributed by atoms with Gasteiger partial charge in [0, 0.05) is 25.1 Å². The molecule has 7 nitrogen and oxygen atoms in total. The van der Waals surface area contributed by atoms with E-state index < -0.39 is 8.32 Å². The van der Waals surface area contributed by atoms with E-state index >= 15 is 0 Å². The molecule has 0 unspecified atom stereocenters. The zero-order valence-corrected chi connectivity index (χ0v) is 21.6. The van der Waals surface area contributed by atoms with Crippen LogP contribution >= 0.6 is 0 Å². The molecule has 3 N–H and O–H groups in total. The molecule has 0 amide bonds. The van der Waals surface area contributed by atoms with Gasteiger partial charge in [-0.15, -0.1) is 0 Å². The average molecular weight is 464 g/mol. The fourth-order valence-electron chi connectivity index (χ4n) is 3.84. The van der Waals surface area contributed by atoms with Crippen molar-refractivity contribution in [1.82, 2.24) is 4.90 Å². The summed E-state index contributed by atoms with van der Waals surface area (Å²) >= 11 is 0. The molecule has 1 aliphatic heterocycles. The summed E-state index contributed by atoms with van der Waals surface area (Å²) in [7, 11) is -2.02. The second kappa shape index (κ2) is 11.3. The SMILES string of the molecule is CCOC(=O)C[C@H]1CCCN(C[C@@H](O[Si](C)(C)C(C)(C)C)c2ccc(/C(N)=N\O)cc2)C1. The first-order valence-corrected chi connectivity index (χ1v) is 14.5. The Morgan fingerprint density at radius 3 is 2.53 bits per heavy atom. The highest BCUT2D eigenvalue weighted by Gasteiger charge is 2.40. The summed E-state index contributed by atoms with van der Waals surface area (Å²) in [6.45, 7) is 16.2. The van der Waals surface area contributed by atoms with Gasteiger partial charge in [0.1, 0.15) is 0 Å². The molecule has 1 aromatic rings. The zero-order valence-electron chi connectivity index (χ0n) is 20.6. The molecule has 2 rings (SSSR count). The molecule has 0 spiro atoms. The van der Waals surface area contributed by atoms with Crippen LogP contribution in [0.4, 0.5) is 0 Å². The van der Waals surface area contributed by atoms with E-state index in [0.717, 1.165) is 38.0 Å². The van der Waals surface area contributed by atoms with Gasteiger partial charge in [0.25, 0.3) is 0 Å². The van der Waals surface area contributed by atoms with E-state index in [1.165, 1.54) is 0 Å². The maximum Gasteiger partial charge on any atom is 0.306 e. The number of rotatable bonds is 9. The molecule has 0 aliphatic carbocycles. The zero-order chi connectivity index (χ0) is 23.9. The molecular formula is C24H41N3O4Si. The van der Waals surface area contributed by atoms with E-state index in [1.807, 2.05) is 31.2 Å². The van der Waals surface area contributed by atoms with Crippen molar-refractivity contribution >= 4 is 20.1 Å². The molecule has 0 aromatic heterocycles. The van der Waals surface area contributed by atoms with Gasteiger partial charge in [-0.1, -0.05) is 50.2 Å². The van der Waals surface area contributed by atoms with E-state index in [4.69, 9.17) is 20.1 Å². The van der Waals surface area contributed by atoms with Crippen molar-refractivity contribution < 1.29 is 19.2 Å². The normalized spacial score (nSPS) is 19.6. The molecule has 32 heavy (non-hydrogen) atoms. The molecule has 1 aromatic carbocycles. The Morgan fingerprint density at radius 1 is 1.31 bits per heavy atom. The predicted octanol–water partition coefficient (Wildman–Crippen LogP) is 4.51. The van der Waals surface area contributed by atoms with Crippen LogP contribution in [0.3, 0.4) is 0 Å². The first kappa shape index (κ1) is 26.4. The van der Waals surface area contributed by atoms with E-state index in [1.54, 1.807) is 0 Å². The Bertz CT molecular complexity index is 774. The van der Waals surface area contributed by atoms with Crippen LogP contribution < -0.4 is 5.73 Å². The van der Waals surface area contributed by atoms with Gasteiger partial charge in [-0.2, -0.15) is 0 Å². The van der Waals surface area contributed by atoms with Crippen LogP contribution in [0.25, 0.3) is 0 Å². The standard InChI is InChI=1S/C24H41N3O4Si/c1-7-30-22(28)15-18-9-8-14-27(16-18)17-21(31-32(5,6)24(2,3)4)19-10-12-20(13-11-19)23(25)26-29/h10-13,18,21,29H,7-9,14-17H2,1-6H3,(H2,25,26)/t18-,21-/m1/s1. The van der Waals surface area contributed by atoms with Gasteiger partial charge in [-0.05, 0) is 55.9 Å². The number of hydrogen-bond donors (Lipinski definition) is 2. The fourth-order valence-corrected chi connectivity index (χ4v) is 5.12. The Hall–Kier alpha value is -1.90. The average Bonchev–Trinajstić information content (AvgIpc) is 2.72. The molecule has 8 heteroatoms. The van der Waals surface area contributed by atoms with Crippen LogP contribution in [0.1, 0.15) is 64.2 Å². The van der Waals surface area contributed by atoms with Gasteiger partial charge >= 0.3 is 5.97 Å². The number of carbonyl (C=O) groups excluding carboxylic acids is 1. The van der Waals surface area contributed by atoms with Crippen molar-refractivity contribution in [3.8, 4) is 0 Å². The van der Waals surface area contributed by atoms with Gasteiger partial charge in [-0.3, -0.25) is 4.79 Å². The highest BCUT2D eigenvalue weighted by Crippen LogP contribution is 2.40. The molecule has 0 bridgehead atoms.